The molecule has 0 fully saturated rings. The molecule has 0 heterocycles. The fraction of sp³-hybridized carbons (Fsp3) is 0.333. The van der Waals surface area contributed by atoms with Crippen LogP contribution in [0.25, 0.3) is 0 Å². The zero-order valence-electron chi connectivity index (χ0n) is 11.9. The van der Waals surface area contributed by atoms with Crippen molar-refractivity contribution in [1.29, 1.82) is 0 Å². The normalized spacial score (nSPS) is 11.0. The highest BCUT2D eigenvalue weighted by Crippen LogP contribution is 2.30. The summed E-state index contributed by atoms with van der Waals surface area (Å²) < 4.78 is 26.2. The minimum absolute atomic E-state index is 0.196. The predicted molar refractivity (Wildman–Crippen MR) is 86.9 cm³/mol. The van der Waals surface area contributed by atoms with Crippen molar-refractivity contribution in [3.63, 3.8) is 0 Å². The largest absolute Gasteiger partial charge is 0.207 e. The van der Waals surface area contributed by atoms with Gasteiger partial charge in [-0.1, -0.05) is 53.0 Å². The quantitative estimate of drug-likeness (QED) is 0.420. The average Bonchev–Trinajstić information content (AvgIpc) is 2.50. The maximum absolute atomic E-state index is 13.1. The maximum Gasteiger partial charge on any atom is 0.123 e. The number of alkyl halides is 1. The summed E-state index contributed by atoms with van der Waals surface area (Å²) in [4.78, 5) is 0. The van der Waals surface area contributed by atoms with Gasteiger partial charge < -0.3 is 0 Å². The molecule has 0 aromatic heterocycles. The molecule has 0 saturated carbocycles. The molecule has 0 N–H and O–H groups in total. The highest BCUT2D eigenvalue weighted by Gasteiger charge is 2.14. The molecule has 0 atom stereocenters. The third-order valence-electron chi connectivity index (χ3n) is 3.67. The molecule has 2 rings (SSSR count). The first-order chi connectivity index (χ1) is 10.2. The second kappa shape index (κ2) is 8.28. The first kappa shape index (κ1) is 16.2. The topological polar surface area (TPSA) is 0 Å². The van der Waals surface area contributed by atoms with Crippen LogP contribution in [0.3, 0.4) is 0 Å². The third kappa shape index (κ3) is 4.92. The highest BCUT2D eigenvalue weighted by molar-refractivity contribution is 9.09. The molecule has 2 aromatic carbocycles. The molecule has 2 aromatic rings. The van der Waals surface area contributed by atoms with Gasteiger partial charge >= 0.3 is 0 Å². The molecule has 0 saturated heterocycles. The van der Waals surface area contributed by atoms with Gasteiger partial charge in [0.1, 0.15) is 11.6 Å². The molecule has 112 valence electrons. The summed E-state index contributed by atoms with van der Waals surface area (Å²) in [5.74, 6) is -0.256. The molecule has 0 aliphatic rings. The Bertz CT molecular complexity index is 489. The van der Waals surface area contributed by atoms with Crippen LogP contribution in [0.15, 0.2) is 48.5 Å². The van der Waals surface area contributed by atoms with Gasteiger partial charge in [-0.25, -0.2) is 8.78 Å². The lowest BCUT2D eigenvalue weighted by molar-refractivity contribution is 0.607. The second-order valence-corrected chi connectivity index (χ2v) is 5.99. The van der Waals surface area contributed by atoms with Gasteiger partial charge in [-0.2, -0.15) is 0 Å². The molecule has 0 aliphatic carbocycles. The molecule has 0 aliphatic heterocycles. The van der Waals surface area contributed by atoms with E-state index in [1.807, 2.05) is 24.3 Å². The molecule has 0 radical (unpaired) electrons. The van der Waals surface area contributed by atoms with E-state index in [1.165, 1.54) is 24.3 Å². The Hall–Kier alpha value is -1.22. The van der Waals surface area contributed by atoms with Gasteiger partial charge in [0.2, 0.25) is 0 Å². The highest BCUT2D eigenvalue weighted by atomic mass is 79.9. The van der Waals surface area contributed by atoms with Gasteiger partial charge in [-0.15, -0.1) is 0 Å². The number of rotatable bonds is 7. The molecule has 0 bridgehead atoms. The minimum atomic E-state index is -0.226. The zero-order chi connectivity index (χ0) is 15.1. The van der Waals surface area contributed by atoms with Crippen LogP contribution in [-0.2, 0) is 0 Å². The molecule has 3 heteroatoms. The summed E-state index contributed by atoms with van der Waals surface area (Å²) >= 11 is 3.44. The standard InChI is InChI=1S/C18H19BrF2/c19-13-3-1-2-4-18(14-5-9-16(20)10-6-14)15-7-11-17(21)12-8-15/h5-12,18H,1-4,13H2. The Morgan fingerprint density at radius 2 is 1.19 bits per heavy atom. The monoisotopic (exact) mass is 352 g/mol. The van der Waals surface area contributed by atoms with E-state index in [9.17, 15) is 8.78 Å². The predicted octanol–water partition coefficient (Wildman–Crippen LogP) is 6.05. The first-order valence-corrected chi connectivity index (χ1v) is 8.40. The Balaban J connectivity index is 2.17. The van der Waals surface area contributed by atoms with Crippen molar-refractivity contribution < 1.29 is 8.78 Å². The summed E-state index contributed by atoms with van der Waals surface area (Å²) in [5.41, 5.74) is 2.17. The molecule has 0 unspecified atom stereocenters. The van der Waals surface area contributed by atoms with Crippen molar-refractivity contribution in [2.45, 2.75) is 31.6 Å². The van der Waals surface area contributed by atoms with Gasteiger partial charge in [0.15, 0.2) is 0 Å². The Morgan fingerprint density at radius 1 is 0.714 bits per heavy atom. The SMILES string of the molecule is Fc1ccc(C(CCCCCBr)c2ccc(F)cc2)cc1. The smallest absolute Gasteiger partial charge is 0.123 e. The maximum atomic E-state index is 13.1. The van der Waals surface area contributed by atoms with Crippen LogP contribution in [0.1, 0.15) is 42.7 Å². The van der Waals surface area contributed by atoms with E-state index < -0.39 is 0 Å². The lowest BCUT2D eigenvalue weighted by Gasteiger charge is -2.18. The average molecular weight is 353 g/mol. The molecule has 0 amide bonds. The number of hydrogen-bond donors (Lipinski definition) is 0. The van der Waals surface area contributed by atoms with Crippen molar-refractivity contribution in [2.75, 3.05) is 5.33 Å². The Labute approximate surface area is 133 Å². The lowest BCUT2D eigenvalue weighted by atomic mass is 9.87. The van der Waals surface area contributed by atoms with Crippen molar-refractivity contribution in [2.24, 2.45) is 0 Å². The number of benzene rings is 2. The van der Waals surface area contributed by atoms with Crippen LogP contribution < -0.4 is 0 Å². The van der Waals surface area contributed by atoms with Crippen LogP contribution in [0, 0.1) is 11.6 Å². The van der Waals surface area contributed by atoms with E-state index in [1.54, 1.807) is 0 Å². The molecular formula is C18H19BrF2. The molecule has 0 nitrogen and oxygen atoms in total. The summed E-state index contributed by atoms with van der Waals surface area (Å²) in [6.45, 7) is 0. The zero-order valence-corrected chi connectivity index (χ0v) is 13.5. The van der Waals surface area contributed by atoms with Crippen molar-refractivity contribution in [3.05, 3.63) is 71.3 Å². The van der Waals surface area contributed by atoms with Crippen molar-refractivity contribution in [1.82, 2.24) is 0 Å². The van der Waals surface area contributed by atoms with Crippen molar-refractivity contribution in [3.8, 4) is 0 Å². The van der Waals surface area contributed by atoms with E-state index in [-0.39, 0.29) is 17.6 Å². The summed E-state index contributed by atoms with van der Waals surface area (Å²) in [6, 6.07) is 13.3. The van der Waals surface area contributed by atoms with Gasteiger partial charge in [-0.3, -0.25) is 0 Å². The fourth-order valence-electron chi connectivity index (χ4n) is 2.54. The Morgan fingerprint density at radius 3 is 1.62 bits per heavy atom. The van der Waals surface area contributed by atoms with E-state index in [2.05, 4.69) is 15.9 Å². The van der Waals surface area contributed by atoms with E-state index in [0.29, 0.717) is 0 Å². The number of hydrogen-bond acceptors (Lipinski definition) is 0. The molecule has 21 heavy (non-hydrogen) atoms. The van der Waals surface area contributed by atoms with Crippen LogP contribution in [0.5, 0.6) is 0 Å². The van der Waals surface area contributed by atoms with Gasteiger partial charge in [-0.05, 0) is 48.2 Å². The van der Waals surface area contributed by atoms with Crippen LogP contribution >= 0.6 is 15.9 Å². The van der Waals surface area contributed by atoms with Gasteiger partial charge in [0.05, 0.1) is 0 Å². The number of unbranched alkanes of at least 4 members (excludes halogenated alkanes) is 2. The molecular weight excluding hydrogens is 334 g/mol. The number of halogens is 3. The van der Waals surface area contributed by atoms with Crippen LogP contribution in [0.2, 0.25) is 0 Å². The minimum Gasteiger partial charge on any atom is -0.207 e. The van der Waals surface area contributed by atoms with Crippen molar-refractivity contribution >= 4 is 15.9 Å². The second-order valence-electron chi connectivity index (χ2n) is 5.19. The summed E-state index contributed by atoms with van der Waals surface area (Å²) in [7, 11) is 0. The van der Waals surface area contributed by atoms with E-state index in [0.717, 1.165) is 42.1 Å². The Kier molecular flexibility index (Phi) is 6.37. The lowest BCUT2D eigenvalue weighted by Crippen LogP contribution is -2.02. The van der Waals surface area contributed by atoms with Gasteiger partial charge in [0.25, 0.3) is 0 Å². The third-order valence-corrected chi connectivity index (χ3v) is 4.23. The first-order valence-electron chi connectivity index (χ1n) is 7.27. The summed E-state index contributed by atoms with van der Waals surface area (Å²) in [6.07, 6.45) is 4.40. The van der Waals surface area contributed by atoms with E-state index >= 15 is 0 Å². The van der Waals surface area contributed by atoms with Crippen LogP contribution in [0.4, 0.5) is 8.78 Å². The van der Waals surface area contributed by atoms with Gasteiger partial charge in [0, 0.05) is 11.2 Å². The van der Waals surface area contributed by atoms with Crippen LogP contribution in [-0.4, -0.2) is 5.33 Å². The summed E-state index contributed by atoms with van der Waals surface area (Å²) in [5, 5.41) is 1.02. The molecule has 0 spiro atoms. The van der Waals surface area contributed by atoms with E-state index in [4.69, 9.17) is 0 Å². The fourth-order valence-corrected chi connectivity index (χ4v) is 2.93.